The van der Waals surface area contributed by atoms with Crippen LogP contribution < -0.4 is 10.6 Å². The van der Waals surface area contributed by atoms with Crippen LogP contribution in [0.25, 0.3) is 0 Å². The van der Waals surface area contributed by atoms with Gasteiger partial charge in [0.1, 0.15) is 5.54 Å². The highest BCUT2D eigenvalue weighted by atomic mass is 35.5. The van der Waals surface area contributed by atoms with E-state index in [1.54, 1.807) is 18.2 Å². The van der Waals surface area contributed by atoms with Gasteiger partial charge in [0.25, 0.3) is 0 Å². The van der Waals surface area contributed by atoms with E-state index in [4.69, 9.17) is 16.3 Å². The molecule has 0 radical (unpaired) electrons. The van der Waals surface area contributed by atoms with Crippen molar-refractivity contribution in [3.63, 3.8) is 0 Å². The molecule has 0 aliphatic carbocycles. The van der Waals surface area contributed by atoms with Crippen molar-refractivity contribution in [2.24, 2.45) is 11.8 Å². The standard InChI is InChI=1S/C18H20ClN3O5/c1-8(23)13-11-12(16(25)22(15(11)24)6-7-27-2)18(21-13)9-4-3-5-10(19)14(9)20-17(18)26/h3-5,8,11-13,21,23H,6-7H2,1-2H3,(H,20,26)/t8-,11-,12-,13+,18+/m0/s1. The number of ether oxygens (including phenoxy) is 1. The predicted octanol–water partition coefficient (Wildman–Crippen LogP) is 0.0876. The fourth-order valence-corrected chi connectivity index (χ4v) is 4.82. The maximum Gasteiger partial charge on any atom is 0.250 e. The number of aliphatic hydroxyl groups is 1. The van der Waals surface area contributed by atoms with Crippen molar-refractivity contribution in [3.8, 4) is 0 Å². The van der Waals surface area contributed by atoms with Gasteiger partial charge in [-0.15, -0.1) is 0 Å². The number of imide groups is 1. The largest absolute Gasteiger partial charge is 0.392 e. The summed E-state index contributed by atoms with van der Waals surface area (Å²) in [7, 11) is 1.48. The number of benzene rings is 1. The lowest BCUT2D eigenvalue weighted by Gasteiger charge is -2.30. The molecule has 4 rings (SSSR count). The van der Waals surface area contributed by atoms with Crippen LogP contribution in [-0.2, 0) is 24.7 Å². The molecule has 3 N–H and O–H groups in total. The SMILES string of the molecule is COCCN1C(=O)[C@@H]2[C@@H]([C@H](C)O)N[C@@]3(C(=O)Nc4c(Cl)cccc43)[C@@H]2C1=O. The topological polar surface area (TPSA) is 108 Å². The summed E-state index contributed by atoms with van der Waals surface area (Å²) < 4.78 is 5.00. The molecule has 144 valence electrons. The van der Waals surface area contributed by atoms with Gasteiger partial charge in [-0.1, -0.05) is 23.7 Å². The van der Waals surface area contributed by atoms with Gasteiger partial charge >= 0.3 is 0 Å². The number of halogens is 1. The third kappa shape index (κ3) is 2.30. The Bertz CT molecular complexity index is 844. The van der Waals surface area contributed by atoms with E-state index < -0.39 is 47.2 Å². The van der Waals surface area contributed by atoms with Crippen LogP contribution in [0, 0.1) is 11.8 Å². The molecular weight excluding hydrogens is 374 g/mol. The molecule has 0 saturated carbocycles. The number of rotatable bonds is 4. The summed E-state index contributed by atoms with van der Waals surface area (Å²) >= 11 is 6.23. The van der Waals surface area contributed by atoms with E-state index in [2.05, 4.69) is 10.6 Å². The number of carbonyl (C=O) groups excluding carboxylic acids is 3. The van der Waals surface area contributed by atoms with Crippen molar-refractivity contribution >= 4 is 35.0 Å². The molecule has 3 aliphatic rings. The number of aliphatic hydroxyl groups excluding tert-OH is 1. The Morgan fingerprint density at radius 1 is 1.33 bits per heavy atom. The highest BCUT2D eigenvalue weighted by molar-refractivity contribution is 6.35. The summed E-state index contributed by atoms with van der Waals surface area (Å²) in [6, 6.07) is 4.31. The monoisotopic (exact) mass is 393 g/mol. The third-order valence-corrected chi connectivity index (χ3v) is 6.08. The molecule has 1 aromatic rings. The Morgan fingerprint density at radius 2 is 2.07 bits per heavy atom. The molecular formula is C18H20ClN3O5. The number of nitrogens with zero attached hydrogens (tertiary/aromatic N) is 1. The second-order valence-corrected chi connectivity index (χ2v) is 7.57. The minimum absolute atomic E-state index is 0.105. The van der Waals surface area contributed by atoms with Crippen LogP contribution in [0.1, 0.15) is 12.5 Å². The first-order valence-corrected chi connectivity index (χ1v) is 9.12. The first-order chi connectivity index (χ1) is 12.8. The van der Waals surface area contributed by atoms with Crippen molar-refractivity contribution in [1.82, 2.24) is 10.2 Å². The van der Waals surface area contributed by atoms with Crippen LogP contribution >= 0.6 is 11.6 Å². The first-order valence-electron chi connectivity index (χ1n) is 8.75. The second kappa shape index (κ2) is 6.27. The van der Waals surface area contributed by atoms with Gasteiger partial charge in [-0.2, -0.15) is 0 Å². The number of amides is 3. The molecule has 5 atom stereocenters. The van der Waals surface area contributed by atoms with Gasteiger partial charge < -0.3 is 15.2 Å². The lowest BCUT2D eigenvalue weighted by atomic mass is 9.76. The predicted molar refractivity (Wildman–Crippen MR) is 95.9 cm³/mol. The maximum atomic E-state index is 13.2. The number of hydrogen-bond acceptors (Lipinski definition) is 6. The number of nitrogens with one attached hydrogen (secondary N) is 2. The molecule has 0 aromatic heterocycles. The Morgan fingerprint density at radius 3 is 2.74 bits per heavy atom. The van der Waals surface area contributed by atoms with Gasteiger partial charge in [-0.05, 0) is 13.0 Å². The number of para-hydroxylation sites is 1. The van der Waals surface area contributed by atoms with Crippen molar-refractivity contribution in [2.45, 2.75) is 24.6 Å². The summed E-state index contributed by atoms with van der Waals surface area (Å²) in [5, 5.41) is 16.5. The van der Waals surface area contributed by atoms with Gasteiger partial charge in [0.2, 0.25) is 17.7 Å². The second-order valence-electron chi connectivity index (χ2n) is 7.16. The first kappa shape index (κ1) is 18.4. The van der Waals surface area contributed by atoms with Crippen LogP contribution in [0.3, 0.4) is 0 Å². The molecule has 3 heterocycles. The summed E-state index contributed by atoms with van der Waals surface area (Å²) in [6.45, 7) is 1.84. The third-order valence-electron chi connectivity index (χ3n) is 5.76. The molecule has 2 saturated heterocycles. The Balaban J connectivity index is 1.87. The number of hydrogen-bond donors (Lipinski definition) is 3. The number of carbonyl (C=O) groups is 3. The molecule has 3 amide bonds. The van der Waals surface area contributed by atoms with Gasteiger partial charge in [0.05, 0.1) is 41.8 Å². The lowest BCUT2D eigenvalue weighted by molar-refractivity contribution is -0.143. The van der Waals surface area contributed by atoms with E-state index in [0.29, 0.717) is 16.3 Å². The lowest BCUT2D eigenvalue weighted by Crippen LogP contribution is -2.55. The number of anilines is 1. The summed E-state index contributed by atoms with van der Waals surface area (Å²) in [5.41, 5.74) is -0.494. The zero-order chi connectivity index (χ0) is 19.5. The normalized spacial score (nSPS) is 32.8. The molecule has 0 unspecified atom stereocenters. The fraction of sp³-hybridized carbons (Fsp3) is 0.500. The van der Waals surface area contributed by atoms with Crippen molar-refractivity contribution in [1.29, 1.82) is 0 Å². The molecule has 2 fully saturated rings. The zero-order valence-electron chi connectivity index (χ0n) is 14.9. The number of methoxy groups -OCH3 is 1. The van der Waals surface area contributed by atoms with Crippen LogP contribution in [0.15, 0.2) is 18.2 Å². The van der Waals surface area contributed by atoms with Gasteiger partial charge in [0, 0.05) is 18.7 Å². The van der Waals surface area contributed by atoms with E-state index in [0.717, 1.165) is 4.90 Å². The Kier molecular flexibility index (Phi) is 4.27. The quantitative estimate of drug-likeness (QED) is 0.626. The van der Waals surface area contributed by atoms with Gasteiger partial charge in [0.15, 0.2) is 0 Å². The smallest absolute Gasteiger partial charge is 0.250 e. The number of likely N-dealkylation sites (tertiary alicyclic amines) is 1. The van der Waals surface area contributed by atoms with E-state index in [1.807, 2.05) is 0 Å². The average molecular weight is 394 g/mol. The summed E-state index contributed by atoms with van der Waals surface area (Å²) in [5.74, 6) is -3.09. The van der Waals surface area contributed by atoms with Crippen molar-refractivity contribution in [2.75, 3.05) is 25.6 Å². The van der Waals surface area contributed by atoms with Gasteiger partial charge in [-0.25, -0.2) is 0 Å². The van der Waals surface area contributed by atoms with E-state index in [1.165, 1.54) is 14.0 Å². The molecule has 0 bridgehead atoms. The molecule has 3 aliphatic heterocycles. The highest BCUT2D eigenvalue weighted by Crippen LogP contribution is 2.54. The Labute approximate surface area is 160 Å². The fourth-order valence-electron chi connectivity index (χ4n) is 4.60. The average Bonchev–Trinajstić information content (AvgIpc) is 3.21. The van der Waals surface area contributed by atoms with Crippen molar-refractivity contribution < 1.29 is 24.2 Å². The highest BCUT2D eigenvalue weighted by Gasteiger charge is 2.71. The van der Waals surface area contributed by atoms with Crippen LogP contribution in [0.5, 0.6) is 0 Å². The summed E-state index contributed by atoms with van der Waals surface area (Å²) in [6.07, 6.45) is -0.938. The minimum atomic E-state index is -1.44. The molecule has 27 heavy (non-hydrogen) atoms. The molecule has 9 heteroatoms. The summed E-state index contributed by atoms with van der Waals surface area (Å²) in [4.78, 5) is 40.4. The van der Waals surface area contributed by atoms with Crippen LogP contribution in [-0.4, -0.2) is 60.1 Å². The van der Waals surface area contributed by atoms with E-state index >= 15 is 0 Å². The van der Waals surface area contributed by atoms with Crippen LogP contribution in [0.2, 0.25) is 5.02 Å². The molecule has 1 spiro atoms. The Hall–Kier alpha value is -2.00. The van der Waals surface area contributed by atoms with E-state index in [-0.39, 0.29) is 13.2 Å². The maximum absolute atomic E-state index is 13.2. The number of fused-ring (bicyclic) bond motifs is 4. The van der Waals surface area contributed by atoms with Crippen LogP contribution in [0.4, 0.5) is 5.69 Å². The van der Waals surface area contributed by atoms with Crippen molar-refractivity contribution in [3.05, 3.63) is 28.8 Å². The van der Waals surface area contributed by atoms with E-state index in [9.17, 15) is 19.5 Å². The molecule has 1 aromatic carbocycles. The minimum Gasteiger partial charge on any atom is -0.392 e. The zero-order valence-corrected chi connectivity index (χ0v) is 15.6. The van der Waals surface area contributed by atoms with Gasteiger partial charge in [-0.3, -0.25) is 24.6 Å². The molecule has 8 nitrogen and oxygen atoms in total.